The Labute approximate surface area is 203 Å². The average molecular weight is 479 g/mol. The van der Waals surface area contributed by atoms with Crippen LogP contribution in [-0.4, -0.2) is 62.7 Å². The molecule has 1 aromatic heterocycles. The molecule has 0 bridgehead atoms. The first-order valence-electron chi connectivity index (χ1n) is 11.7. The van der Waals surface area contributed by atoms with E-state index in [1.807, 2.05) is 37.3 Å². The summed E-state index contributed by atoms with van der Waals surface area (Å²) < 4.78 is 6.63. The van der Waals surface area contributed by atoms with E-state index in [-0.39, 0.29) is 46.0 Å². The van der Waals surface area contributed by atoms with Crippen molar-refractivity contribution in [2.45, 2.75) is 26.8 Å². The topological polar surface area (TPSA) is 120 Å². The minimum atomic E-state index is -0.303. The third-order valence-corrected chi connectivity index (χ3v) is 6.01. The molecule has 9 nitrogen and oxygen atoms in total. The van der Waals surface area contributed by atoms with Crippen LogP contribution < -0.4 is 5.32 Å². The number of phenolic OH excluding ortho intramolecular Hbond substituents is 1. The highest BCUT2D eigenvalue weighted by atomic mass is 16.5. The van der Waals surface area contributed by atoms with Gasteiger partial charge in [0.05, 0.1) is 24.5 Å². The predicted molar refractivity (Wildman–Crippen MR) is 134 cm³/mol. The summed E-state index contributed by atoms with van der Waals surface area (Å²) in [5.74, 6) is -0.977. The second-order valence-corrected chi connectivity index (χ2v) is 8.12. The molecule has 9 heteroatoms. The van der Waals surface area contributed by atoms with Crippen molar-refractivity contribution in [3.8, 4) is 17.5 Å². The lowest BCUT2D eigenvalue weighted by atomic mass is 10.1. The minimum absolute atomic E-state index is 0.137. The number of hydrogen-bond acceptors (Lipinski definition) is 7. The smallest absolute Gasteiger partial charge is 0.257 e. The van der Waals surface area contributed by atoms with E-state index in [1.54, 1.807) is 30.0 Å². The molecule has 1 saturated heterocycles. The molecule has 0 radical (unpaired) electrons. The second-order valence-electron chi connectivity index (χ2n) is 8.12. The third kappa shape index (κ3) is 4.81. The fraction of sp³-hybridized carbons (Fsp3) is 0.308. The number of ether oxygens (including phenoxy) is 1. The van der Waals surface area contributed by atoms with Gasteiger partial charge in [-0.05, 0) is 31.0 Å². The molecule has 1 aliphatic heterocycles. The summed E-state index contributed by atoms with van der Waals surface area (Å²) in [5.41, 5.74) is 2.25. The van der Waals surface area contributed by atoms with E-state index in [4.69, 9.17) is 4.74 Å². The lowest BCUT2D eigenvalue weighted by Gasteiger charge is -2.27. The normalized spacial score (nSPS) is 14.2. The number of carbonyl (C=O) groups excluding carboxylic acids is 1. The Hall–Kier alpha value is -3.98. The van der Waals surface area contributed by atoms with Crippen LogP contribution in [0.5, 0.6) is 17.5 Å². The largest absolute Gasteiger partial charge is 0.505 e. The number of hydrogen-bond donors (Lipinski definition) is 4. The summed E-state index contributed by atoms with van der Waals surface area (Å²) >= 11 is 0. The van der Waals surface area contributed by atoms with Gasteiger partial charge < -0.3 is 30.3 Å². The van der Waals surface area contributed by atoms with E-state index in [2.05, 4.69) is 10.3 Å². The zero-order valence-electron chi connectivity index (χ0n) is 19.9. The van der Waals surface area contributed by atoms with E-state index < -0.39 is 0 Å². The van der Waals surface area contributed by atoms with Gasteiger partial charge in [-0.3, -0.25) is 9.36 Å². The van der Waals surface area contributed by atoms with Gasteiger partial charge in [0, 0.05) is 25.3 Å². The van der Waals surface area contributed by atoms with Crippen molar-refractivity contribution in [1.82, 2.24) is 9.47 Å². The molecule has 1 fully saturated rings. The summed E-state index contributed by atoms with van der Waals surface area (Å²) in [6.45, 7) is 5.84. The number of benzene rings is 2. The minimum Gasteiger partial charge on any atom is -0.505 e. The van der Waals surface area contributed by atoms with Crippen molar-refractivity contribution in [1.29, 1.82) is 0 Å². The van der Waals surface area contributed by atoms with Crippen LogP contribution in [-0.2, 0) is 11.3 Å². The van der Waals surface area contributed by atoms with Crippen molar-refractivity contribution in [3.05, 3.63) is 59.7 Å². The maximum Gasteiger partial charge on any atom is 0.257 e. The Morgan fingerprint density at radius 2 is 1.71 bits per heavy atom. The van der Waals surface area contributed by atoms with Crippen LogP contribution in [0.25, 0.3) is 0 Å². The number of aromatic hydroxyl groups is 3. The molecule has 0 unspecified atom stereocenters. The fourth-order valence-electron chi connectivity index (χ4n) is 4.10. The maximum absolute atomic E-state index is 13.0. The zero-order chi connectivity index (χ0) is 24.9. The molecule has 1 aliphatic rings. The molecule has 0 aliphatic carbocycles. The molecule has 2 aromatic carbocycles. The predicted octanol–water partition coefficient (Wildman–Crippen LogP) is 4.37. The van der Waals surface area contributed by atoms with Crippen LogP contribution in [0, 0.1) is 0 Å². The van der Waals surface area contributed by atoms with Gasteiger partial charge in [-0.25, -0.2) is 4.99 Å². The van der Waals surface area contributed by atoms with Crippen molar-refractivity contribution < 1.29 is 24.9 Å². The second kappa shape index (κ2) is 10.5. The molecule has 4 rings (SSSR count). The van der Waals surface area contributed by atoms with Gasteiger partial charge in [-0.1, -0.05) is 43.3 Å². The number of aliphatic imine (C=N–C) groups is 1. The summed E-state index contributed by atoms with van der Waals surface area (Å²) in [6.07, 6.45) is 0.593. The number of aromatic nitrogens is 1. The van der Waals surface area contributed by atoms with Crippen LogP contribution in [0.1, 0.15) is 36.2 Å². The van der Waals surface area contributed by atoms with Crippen molar-refractivity contribution in [3.63, 3.8) is 0 Å². The summed E-state index contributed by atoms with van der Waals surface area (Å²) in [5, 5.41) is 35.7. The van der Waals surface area contributed by atoms with Crippen LogP contribution in [0.3, 0.4) is 0 Å². The van der Waals surface area contributed by atoms with Gasteiger partial charge in [-0.2, -0.15) is 0 Å². The first-order valence-corrected chi connectivity index (χ1v) is 11.7. The number of nitrogens with one attached hydrogen (secondary N) is 1. The molecule has 2 heterocycles. The third-order valence-electron chi connectivity index (χ3n) is 6.01. The fourth-order valence-corrected chi connectivity index (χ4v) is 4.10. The number of nitrogens with zero attached hydrogens (tertiary/aromatic N) is 3. The molecule has 3 aromatic rings. The highest BCUT2D eigenvalue weighted by molar-refractivity contribution is 6.04. The highest BCUT2D eigenvalue weighted by Gasteiger charge is 2.26. The highest BCUT2D eigenvalue weighted by Crippen LogP contribution is 2.48. The van der Waals surface area contributed by atoms with Crippen LogP contribution in [0.2, 0.25) is 0 Å². The van der Waals surface area contributed by atoms with Crippen LogP contribution >= 0.6 is 0 Å². The van der Waals surface area contributed by atoms with Gasteiger partial charge in [0.2, 0.25) is 11.8 Å². The number of phenols is 1. The summed E-state index contributed by atoms with van der Waals surface area (Å²) in [4.78, 5) is 19.3. The van der Waals surface area contributed by atoms with E-state index in [1.165, 1.54) is 4.57 Å². The first-order chi connectivity index (χ1) is 17.0. The summed E-state index contributed by atoms with van der Waals surface area (Å²) in [7, 11) is 0. The Balaban J connectivity index is 1.75. The standard InChI is InChI=1S/C26H30N4O5/c1-3-19(17-9-6-5-7-10-17)27-21-22(26(34)30(4-2)25(21)33)28-20-12-8-11-18(23(20)31)24(32)29-13-15-35-16-14-29/h5-12,28,31,33-34H,3-4,13-16H2,1-2H3. The van der Waals surface area contributed by atoms with Gasteiger partial charge in [0.25, 0.3) is 5.91 Å². The number of rotatable bonds is 7. The molecule has 0 spiro atoms. The van der Waals surface area contributed by atoms with E-state index in [9.17, 15) is 20.1 Å². The maximum atomic E-state index is 13.0. The van der Waals surface area contributed by atoms with Crippen molar-refractivity contribution >= 4 is 28.7 Å². The number of carbonyl (C=O) groups is 1. The van der Waals surface area contributed by atoms with Gasteiger partial charge in [0.15, 0.2) is 11.4 Å². The molecule has 4 N–H and O–H groups in total. The van der Waals surface area contributed by atoms with Crippen molar-refractivity contribution in [2.75, 3.05) is 31.6 Å². The Bertz CT molecular complexity index is 1230. The molecular formula is C26H30N4O5. The number of morpholine rings is 1. The summed E-state index contributed by atoms with van der Waals surface area (Å²) in [6, 6.07) is 14.4. The van der Waals surface area contributed by atoms with Gasteiger partial charge >= 0.3 is 0 Å². The monoisotopic (exact) mass is 478 g/mol. The quantitative estimate of drug-likeness (QED) is 0.296. The number of amides is 1. The molecule has 184 valence electrons. The van der Waals surface area contributed by atoms with E-state index in [0.717, 1.165) is 11.3 Å². The Kier molecular flexibility index (Phi) is 7.26. The average Bonchev–Trinajstić information content (AvgIpc) is 3.12. The van der Waals surface area contributed by atoms with Gasteiger partial charge in [0.1, 0.15) is 5.69 Å². The first kappa shape index (κ1) is 24.2. The lowest BCUT2D eigenvalue weighted by molar-refractivity contribution is 0.0301. The molecule has 1 amide bonds. The van der Waals surface area contributed by atoms with Gasteiger partial charge in [-0.15, -0.1) is 0 Å². The Morgan fingerprint density at radius 1 is 1.00 bits per heavy atom. The van der Waals surface area contributed by atoms with E-state index in [0.29, 0.717) is 39.3 Å². The molecular weight excluding hydrogens is 448 g/mol. The Morgan fingerprint density at radius 3 is 2.37 bits per heavy atom. The number of para-hydroxylation sites is 1. The van der Waals surface area contributed by atoms with Crippen LogP contribution in [0.15, 0.2) is 53.5 Å². The number of anilines is 2. The van der Waals surface area contributed by atoms with Crippen LogP contribution in [0.4, 0.5) is 17.1 Å². The SMILES string of the molecule is CCC(=Nc1c(Nc2cccc(C(=O)N3CCOCC3)c2O)c(O)n(CC)c1O)c1ccccc1. The molecule has 0 atom stereocenters. The molecule has 0 saturated carbocycles. The zero-order valence-corrected chi connectivity index (χ0v) is 19.9. The van der Waals surface area contributed by atoms with Crippen molar-refractivity contribution in [2.24, 2.45) is 4.99 Å². The van der Waals surface area contributed by atoms with E-state index >= 15 is 0 Å². The molecule has 35 heavy (non-hydrogen) atoms. The lowest BCUT2D eigenvalue weighted by Crippen LogP contribution is -2.40.